The second kappa shape index (κ2) is 5.58. The molecule has 1 atom stereocenters. The second-order valence-electron chi connectivity index (χ2n) is 7.99. The third kappa shape index (κ3) is 2.53. The van der Waals surface area contributed by atoms with E-state index in [1.54, 1.807) is 0 Å². The summed E-state index contributed by atoms with van der Waals surface area (Å²) in [5.74, 6) is 0. The summed E-state index contributed by atoms with van der Waals surface area (Å²) in [6.45, 7) is 3.35. The van der Waals surface area contributed by atoms with E-state index >= 15 is 0 Å². The summed E-state index contributed by atoms with van der Waals surface area (Å²) in [6, 6.07) is 0.737. The molecule has 0 aromatic carbocycles. The number of hydrogen-bond acceptors (Lipinski definition) is 3. The third-order valence-electron chi connectivity index (χ3n) is 6.85. The maximum atomic E-state index is 6.27. The molecule has 1 aliphatic heterocycles. The van der Waals surface area contributed by atoms with Gasteiger partial charge in [-0.15, -0.1) is 0 Å². The average Bonchev–Trinajstić information content (AvgIpc) is 3.10. The molecule has 0 radical (unpaired) electrons. The van der Waals surface area contributed by atoms with Gasteiger partial charge in [-0.1, -0.05) is 12.8 Å². The standard InChI is InChI=1S/C17H33N3/c1-19(2)15-5-12-20(13-15)17(14-18)10-8-16(9-11-17)6-3-4-7-16/h15H,3-14,18H2,1-2H3. The van der Waals surface area contributed by atoms with Crippen LogP contribution in [0.1, 0.15) is 57.8 Å². The first kappa shape index (κ1) is 14.8. The molecule has 3 fully saturated rings. The van der Waals surface area contributed by atoms with Crippen molar-refractivity contribution in [1.82, 2.24) is 9.80 Å². The largest absolute Gasteiger partial charge is 0.329 e. The van der Waals surface area contributed by atoms with E-state index in [0.29, 0.717) is 5.54 Å². The molecule has 0 aromatic rings. The molecule has 0 amide bonds. The molecule has 2 N–H and O–H groups in total. The Morgan fingerprint density at radius 3 is 2.20 bits per heavy atom. The molecule has 3 rings (SSSR count). The number of likely N-dealkylation sites (tertiary alicyclic amines) is 1. The van der Waals surface area contributed by atoms with Crippen LogP contribution in [-0.4, -0.2) is 55.1 Å². The highest BCUT2D eigenvalue weighted by molar-refractivity contribution is 5.03. The van der Waals surface area contributed by atoms with Gasteiger partial charge in [0, 0.05) is 31.2 Å². The van der Waals surface area contributed by atoms with Crippen molar-refractivity contribution in [1.29, 1.82) is 0 Å². The molecule has 2 aliphatic carbocycles. The van der Waals surface area contributed by atoms with Crippen molar-refractivity contribution in [3.63, 3.8) is 0 Å². The molecule has 116 valence electrons. The molecule has 1 spiro atoms. The van der Waals surface area contributed by atoms with Gasteiger partial charge < -0.3 is 10.6 Å². The zero-order valence-electron chi connectivity index (χ0n) is 13.5. The summed E-state index contributed by atoms with van der Waals surface area (Å²) >= 11 is 0. The van der Waals surface area contributed by atoms with Crippen molar-refractivity contribution < 1.29 is 0 Å². The highest BCUT2D eigenvalue weighted by Gasteiger charge is 2.47. The summed E-state index contributed by atoms with van der Waals surface area (Å²) in [4.78, 5) is 5.14. The van der Waals surface area contributed by atoms with Crippen LogP contribution in [0.15, 0.2) is 0 Å². The Morgan fingerprint density at radius 2 is 1.70 bits per heavy atom. The van der Waals surface area contributed by atoms with E-state index in [2.05, 4.69) is 23.9 Å². The van der Waals surface area contributed by atoms with Gasteiger partial charge in [0.05, 0.1) is 0 Å². The van der Waals surface area contributed by atoms with Gasteiger partial charge in [0.1, 0.15) is 0 Å². The average molecular weight is 279 g/mol. The SMILES string of the molecule is CN(C)C1CCN(C2(CN)CCC3(CCCC3)CC2)C1. The van der Waals surface area contributed by atoms with Crippen LogP contribution in [0.4, 0.5) is 0 Å². The minimum absolute atomic E-state index is 0.332. The van der Waals surface area contributed by atoms with Crippen molar-refractivity contribution in [2.75, 3.05) is 33.7 Å². The number of hydrogen-bond donors (Lipinski definition) is 1. The summed E-state index contributed by atoms with van der Waals surface area (Å²) in [5, 5.41) is 0. The molecule has 1 heterocycles. The van der Waals surface area contributed by atoms with Crippen LogP contribution in [0.2, 0.25) is 0 Å². The summed E-state index contributed by atoms with van der Waals surface area (Å²) < 4.78 is 0. The highest BCUT2D eigenvalue weighted by Crippen LogP contribution is 2.52. The molecule has 2 saturated carbocycles. The Bertz CT molecular complexity index is 323. The van der Waals surface area contributed by atoms with Crippen molar-refractivity contribution >= 4 is 0 Å². The smallest absolute Gasteiger partial charge is 0.0332 e. The van der Waals surface area contributed by atoms with Gasteiger partial charge in [0.15, 0.2) is 0 Å². The topological polar surface area (TPSA) is 32.5 Å². The Hall–Kier alpha value is -0.120. The Kier molecular flexibility index (Phi) is 4.13. The molecular weight excluding hydrogens is 246 g/mol. The minimum Gasteiger partial charge on any atom is -0.329 e. The van der Waals surface area contributed by atoms with E-state index < -0.39 is 0 Å². The monoisotopic (exact) mass is 279 g/mol. The Morgan fingerprint density at radius 1 is 1.05 bits per heavy atom. The fraction of sp³-hybridized carbons (Fsp3) is 1.00. The molecule has 1 unspecified atom stereocenters. The lowest BCUT2D eigenvalue weighted by Crippen LogP contribution is -2.56. The van der Waals surface area contributed by atoms with Crippen LogP contribution in [0.3, 0.4) is 0 Å². The lowest BCUT2D eigenvalue weighted by molar-refractivity contribution is 0.0255. The van der Waals surface area contributed by atoms with Gasteiger partial charge >= 0.3 is 0 Å². The minimum atomic E-state index is 0.332. The third-order valence-corrected chi connectivity index (χ3v) is 6.85. The number of rotatable bonds is 3. The van der Waals surface area contributed by atoms with Crippen LogP contribution < -0.4 is 5.73 Å². The quantitative estimate of drug-likeness (QED) is 0.861. The van der Waals surface area contributed by atoms with Crippen molar-refractivity contribution in [3.05, 3.63) is 0 Å². The van der Waals surface area contributed by atoms with Gasteiger partial charge in [-0.2, -0.15) is 0 Å². The van der Waals surface area contributed by atoms with Gasteiger partial charge in [-0.05, 0) is 64.5 Å². The zero-order chi connectivity index (χ0) is 14.2. The fourth-order valence-corrected chi connectivity index (χ4v) is 5.11. The van der Waals surface area contributed by atoms with Crippen molar-refractivity contribution in [2.24, 2.45) is 11.1 Å². The summed E-state index contributed by atoms with van der Waals surface area (Å²) in [7, 11) is 4.44. The molecule has 0 aromatic heterocycles. The molecule has 1 saturated heterocycles. The molecule has 3 heteroatoms. The van der Waals surface area contributed by atoms with Gasteiger partial charge in [0.25, 0.3) is 0 Å². The summed E-state index contributed by atoms with van der Waals surface area (Å²) in [5.41, 5.74) is 7.32. The Labute approximate surface area is 124 Å². The first-order valence-corrected chi connectivity index (χ1v) is 8.71. The maximum Gasteiger partial charge on any atom is 0.0332 e. The van der Waals surface area contributed by atoms with Gasteiger partial charge in [-0.3, -0.25) is 4.90 Å². The summed E-state index contributed by atoms with van der Waals surface area (Å²) in [6.07, 6.45) is 12.8. The van der Waals surface area contributed by atoms with E-state index in [0.717, 1.165) is 18.0 Å². The normalized spacial score (nSPS) is 33.3. The Balaban J connectivity index is 1.65. The lowest BCUT2D eigenvalue weighted by Gasteiger charge is -2.49. The molecular formula is C17H33N3. The van der Waals surface area contributed by atoms with Crippen LogP contribution in [0, 0.1) is 5.41 Å². The van der Waals surface area contributed by atoms with Crippen LogP contribution in [0.5, 0.6) is 0 Å². The molecule has 0 bridgehead atoms. The van der Waals surface area contributed by atoms with Crippen LogP contribution in [-0.2, 0) is 0 Å². The second-order valence-corrected chi connectivity index (χ2v) is 7.99. The predicted octanol–water partition coefficient (Wildman–Crippen LogP) is 2.45. The first-order chi connectivity index (χ1) is 9.59. The molecule has 20 heavy (non-hydrogen) atoms. The van der Waals surface area contributed by atoms with E-state index in [4.69, 9.17) is 5.73 Å². The number of nitrogens with zero attached hydrogens (tertiary/aromatic N) is 2. The first-order valence-electron chi connectivity index (χ1n) is 8.71. The van der Waals surface area contributed by atoms with E-state index in [1.807, 2.05) is 0 Å². The number of nitrogens with two attached hydrogens (primary N) is 1. The van der Waals surface area contributed by atoms with E-state index in [-0.39, 0.29) is 0 Å². The fourth-order valence-electron chi connectivity index (χ4n) is 5.11. The number of likely N-dealkylation sites (N-methyl/N-ethyl adjacent to an activating group) is 1. The highest BCUT2D eigenvalue weighted by atomic mass is 15.3. The van der Waals surface area contributed by atoms with Crippen molar-refractivity contribution in [2.45, 2.75) is 69.4 Å². The zero-order valence-corrected chi connectivity index (χ0v) is 13.5. The van der Waals surface area contributed by atoms with Crippen LogP contribution in [0.25, 0.3) is 0 Å². The van der Waals surface area contributed by atoms with Crippen molar-refractivity contribution in [3.8, 4) is 0 Å². The van der Waals surface area contributed by atoms with E-state index in [1.165, 1.54) is 70.9 Å². The van der Waals surface area contributed by atoms with Gasteiger partial charge in [0.2, 0.25) is 0 Å². The predicted molar refractivity (Wildman–Crippen MR) is 84.8 cm³/mol. The van der Waals surface area contributed by atoms with E-state index in [9.17, 15) is 0 Å². The molecule has 3 aliphatic rings. The van der Waals surface area contributed by atoms with Gasteiger partial charge in [-0.25, -0.2) is 0 Å². The van der Waals surface area contributed by atoms with Crippen LogP contribution >= 0.6 is 0 Å². The molecule has 3 nitrogen and oxygen atoms in total. The maximum absolute atomic E-state index is 6.27. The lowest BCUT2D eigenvalue weighted by atomic mass is 9.66.